The highest BCUT2D eigenvalue weighted by atomic mass is 35.5. The molecule has 1 aromatic carbocycles. The number of rotatable bonds is 6. The fourth-order valence-electron chi connectivity index (χ4n) is 3.29. The first kappa shape index (κ1) is 21.3. The summed E-state index contributed by atoms with van der Waals surface area (Å²) in [5.41, 5.74) is 0.657. The normalized spacial score (nSPS) is 14.5. The summed E-state index contributed by atoms with van der Waals surface area (Å²) in [5.74, 6) is -0.142. The Hall–Kier alpha value is -2.90. The Bertz CT molecular complexity index is 1220. The van der Waals surface area contributed by atoms with Crippen LogP contribution in [0.1, 0.15) is 36.0 Å². The zero-order valence-corrected chi connectivity index (χ0v) is 18.2. The van der Waals surface area contributed by atoms with Gasteiger partial charge >= 0.3 is 6.03 Å². The van der Waals surface area contributed by atoms with Crippen LogP contribution in [0.3, 0.4) is 0 Å². The van der Waals surface area contributed by atoms with Crippen LogP contribution in [0.5, 0.6) is 0 Å². The second-order valence-electron chi connectivity index (χ2n) is 6.80. The summed E-state index contributed by atoms with van der Waals surface area (Å²) in [5, 5.41) is 17.2. The van der Waals surface area contributed by atoms with E-state index in [0.29, 0.717) is 16.3 Å². The minimum atomic E-state index is -3.99. The lowest BCUT2D eigenvalue weighted by Gasteiger charge is -2.14. The molecule has 11 nitrogen and oxygen atoms in total. The van der Waals surface area contributed by atoms with E-state index in [2.05, 4.69) is 36.2 Å². The maximum absolute atomic E-state index is 12.9. The molecule has 0 aliphatic heterocycles. The average Bonchev–Trinajstić information content (AvgIpc) is 3.50. The molecule has 0 saturated heterocycles. The Morgan fingerprint density at radius 3 is 2.68 bits per heavy atom. The molecule has 0 unspecified atom stereocenters. The molecule has 1 aliphatic rings. The fraction of sp³-hybridized carbons (Fsp3) is 0.294. The van der Waals surface area contributed by atoms with Crippen molar-refractivity contribution in [3.8, 4) is 0 Å². The highest BCUT2D eigenvalue weighted by Gasteiger charge is 2.27. The molecule has 2 amide bonds. The number of hydrogen-bond donors (Lipinski definition) is 3. The van der Waals surface area contributed by atoms with E-state index in [1.54, 1.807) is 12.1 Å². The topological polar surface area (TPSA) is 160 Å². The number of sulfone groups is 1. The van der Waals surface area contributed by atoms with E-state index in [0.717, 1.165) is 43.2 Å². The SMILES string of the molecule is O=C(Nc1ncc(S(=O)(=O)c2nn[nH]n2)s1)Nc1ccc(Cl)cc1C(=O)C1CCCC1. The van der Waals surface area contributed by atoms with Crippen molar-refractivity contribution < 1.29 is 18.0 Å². The van der Waals surface area contributed by atoms with Crippen LogP contribution in [0, 0.1) is 5.92 Å². The van der Waals surface area contributed by atoms with Crippen LogP contribution in [-0.4, -0.2) is 45.8 Å². The number of hydrogen-bond acceptors (Lipinski definition) is 9. The molecule has 2 heterocycles. The molecule has 162 valence electrons. The van der Waals surface area contributed by atoms with Gasteiger partial charge in [-0.15, -0.1) is 5.10 Å². The molecule has 31 heavy (non-hydrogen) atoms. The molecule has 1 aliphatic carbocycles. The third-order valence-corrected chi connectivity index (χ3v) is 7.90. The molecule has 3 N–H and O–H groups in total. The lowest BCUT2D eigenvalue weighted by atomic mass is 9.95. The molecule has 14 heteroatoms. The third-order valence-electron chi connectivity index (χ3n) is 4.76. The van der Waals surface area contributed by atoms with Gasteiger partial charge in [-0.2, -0.15) is 5.21 Å². The second kappa shape index (κ2) is 8.69. The average molecular weight is 482 g/mol. The van der Waals surface area contributed by atoms with E-state index in [1.807, 2.05) is 0 Å². The number of nitrogens with zero attached hydrogens (tertiary/aromatic N) is 4. The number of anilines is 2. The number of thiazole rings is 1. The van der Waals surface area contributed by atoms with Crippen LogP contribution in [0.15, 0.2) is 33.8 Å². The molecule has 0 spiro atoms. The smallest absolute Gasteiger partial charge is 0.307 e. The molecule has 4 rings (SSSR count). The first-order chi connectivity index (χ1) is 14.8. The van der Waals surface area contributed by atoms with Gasteiger partial charge < -0.3 is 5.32 Å². The molecular formula is C17H16ClN7O4S2. The van der Waals surface area contributed by atoms with Gasteiger partial charge in [-0.3, -0.25) is 10.1 Å². The van der Waals surface area contributed by atoms with Crippen molar-refractivity contribution in [1.29, 1.82) is 0 Å². The Balaban J connectivity index is 1.49. The van der Waals surface area contributed by atoms with E-state index >= 15 is 0 Å². The van der Waals surface area contributed by atoms with Crippen LogP contribution in [0.2, 0.25) is 5.02 Å². The number of H-pyrrole nitrogens is 1. The molecular weight excluding hydrogens is 466 g/mol. The largest absolute Gasteiger partial charge is 0.325 e. The Labute approximate surface area is 185 Å². The van der Waals surface area contributed by atoms with Crippen molar-refractivity contribution >= 4 is 55.4 Å². The zero-order chi connectivity index (χ0) is 22.0. The van der Waals surface area contributed by atoms with Crippen molar-refractivity contribution in [2.24, 2.45) is 5.92 Å². The van der Waals surface area contributed by atoms with Crippen molar-refractivity contribution in [2.75, 3.05) is 10.6 Å². The predicted molar refractivity (Wildman–Crippen MR) is 112 cm³/mol. The van der Waals surface area contributed by atoms with E-state index in [-0.39, 0.29) is 21.0 Å². The van der Waals surface area contributed by atoms with Gasteiger partial charge in [0.1, 0.15) is 4.21 Å². The van der Waals surface area contributed by atoms with E-state index in [9.17, 15) is 18.0 Å². The number of benzene rings is 1. The Kier molecular flexibility index (Phi) is 5.98. The molecule has 0 atom stereocenters. The summed E-state index contributed by atoms with van der Waals surface area (Å²) in [7, 11) is -3.99. The van der Waals surface area contributed by atoms with E-state index in [4.69, 9.17) is 11.6 Å². The minimum Gasteiger partial charge on any atom is -0.307 e. The summed E-state index contributed by atoms with van der Waals surface area (Å²) < 4.78 is 24.6. The monoisotopic (exact) mass is 481 g/mol. The summed E-state index contributed by atoms with van der Waals surface area (Å²) in [6, 6.07) is 3.98. The van der Waals surface area contributed by atoms with E-state index in [1.165, 1.54) is 6.07 Å². The van der Waals surface area contributed by atoms with Crippen LogP contribution in [0.25, 0.3) is 0 Å². The van der Waals surface area contributed by atoms with Crippen molar-refractivity contribution in [2.45, 2.75) is 35.0 Å². The highest BCUT2D eigenvalue weighted by molar-refractivity contribution is 7.93. The Morgan fingerprint density at radius 1 is 1.19 bits per heavy atom. The summed E-state index contributed by atoms with van der Waals surface area (Å²) >= 11 is 6.79. The number of Topliss-reactive ketones (excluding diaryl/α,β-unsaturated/α-hetero) is 1. The minimum absolute atomic E-state index is 0.0391. The number of urea groups is 1. The standard InChI is InChI=1S/C17H16ClN7O4S2/c18-10-5-6-12(11(7-10)14(26)9-3-1-2-4-9)20-15(27)21-16-19-8-13(30-16)31(28,29)17-22-24-25-23-17/h5-9H,1-4H2,(H2,19,20,21,27)(H,22,23,24,25). The lowest BCUT2D eigenvalue weighted by molar-refractivity contribution is 0.0923. The van der Waals surface area contributed by atoms with Gasteiger partial charge in [0.2, 0.25) is 0 Å². The first-order valence-electron chi connectivity index (χ1n) is 9.21. The van der Waals surface area contributed by atoms with Gasteiger partial charge in [-0.25, -0.2) is 18.2 Å². The number of aromatic amines is 1. The van der Waals surface area contributed by atoms with Gasteiger partial charge in [-0.05, 0) is 36.3 Å². The van der Waals surface area contributed by atoms with Gasteiger partial charge in [-0.1, -0.05) is 40.9 Å². The van der Waals surface area contributed by atoms with Crippen molar-refractivity contribution in [3.05, 3.63) is 35.0 Å². The van der Waals surface area contributed by atoms with Gasteiger partial charge in [0.05, 0.1) is 11.9 Å². The Morgan fingerprint density at radius 2 is 1.97 bits per heavy atom. The van der Waals surface area contributed by atoms with Crippen LogP contribution in [0.4, 0.5) is 15.6 Å². The number of carbonyl (C=O) groups excluding carboxylic acids is 2. The number of aromatic nitrogens is 5. The first-order valence-corrected chi connectivity index (χ1v) is 11.9. The number of ketones is 1. The van der Waals surface area contributed by atoms with Crippen LogP contribution in [-0.2, 0) is 9.84 Å². The second-order valence-corrected chi connectivity index (χ2v) is 10.3. The maximum atomic E-state index is 12.9. The summed E-state index contributed by atoms with van der Waals surface area (Å²) in [6.07, 6.45) is 4.71. The summed E-state index contributed by atoms with van der Waals surface area (Å²) in [6.45, 7) is 0. The van der Waals surface area contributed by atoms with Gasteiger partial charge in [0, 0.05) is 16.5 Å². The third kappa shape index (κ3) is 4.57. The van der Waals surface area contributed by atoms with E-state index < -0.39 is 21.0 Å². The number of nitrogens with one attached hydrogen (secondary N) is 3. The van der Waals surface area contributed by atoms with Gasteiger partial charge in [0.15, 0.2) is 10.9 Å². The molecule has 1 fully saturated rings. The fourth-order valence-corrected chi connectivity index (χ4v) is 5.58. The predicted octanol–water partition coefficient (Wildman–Crippen LogP) is 3.16. The lowest BCUT2D eigenvalue weighted by Crippen LogP contribution is -2.22. The van der Waals surface area contributed by atoms with Crippen molar-refractivity contribution in [1.82, 2.24) is 25.6 Å². The van der Waals surface area contributed by atoms with Crippen molar-refractivity contribution in [3.63, 3.8) is 0 Å². The number of carbonyl (C=O) groups is 2. The molecule has 3 aromatic rings. The molecule has 0 bridgehead atoms. The molecule has 2 aromatic heterocycles. The molecule has 0 radical (unpaired) electrons. The summed E-state index contributed by atoms with van der Waals surface area (Å²) in [4.78, 5) is 29.2. The maximum Gasteiger partial charge on any atom is 0.325 e. The van der Waals surface area contributed by atoms with Crippen LogP contribution >= 0.6 is 22.9 Å². The van der Waals surface area contributed by atoms with Gasteiger partial charge in [0.25, 0.3) is 15.0 Å². The quantitative estimate of drug-likeness (QED) is 0.452. The van der Waals surface area contributed by atoms with Crippen LogP contribution < -0.4 is 10.6 Å². The number of tetrazole rings is 1. The number of halogens is 1. The number of amides is 2. The highest BCUT2D eigenvalue weighted by Crippen LogP contribution is 2.32. The zero-order valence-electron chi connectivity index (χ0n) is 15.8. The molecule has 1 saturated carbocycles.